The van der Waals surface area contributed by atoms with Crippen LogP contribution in [0.5, 0.6) is 0 Å². The number of aryl methyl sites for hydroxylation is 1. The van der Waals surface area contributed by atoms with E-state index in [1.807, 2.05) is 20.8 Å². The molecule has 1 heterocycles. The van der Waals surface area contributed by atoms with Crippen LogP contribution in [-0.2, 0) is 4.79 Å². The molecule has 0 spiro atoms. The van der Waals surface area contributed by atoms with Crippen LogP contribution in [-0.4, -0.2) is 39.2 Å². The molecule has 6 nitrogen and oxygen atoms in total. The predicted octanol–water partition coefficient (Wildman–Crippen LogP) is 2.22. The summed E-state index contributed by atoms with van der Waals surface area (Å²) in [6, 6.07) is 0. The van der Waals surface area contributed by atoms with Gasteiger partial charge in [0.25, 0.3) is 0 Å². The number of thioether (sulfide) groups is 1. The maximum absolute atomic E-state index is 11.4. The van der Waals surface area contributed by atoms with Crippen LogP contribution >= 0.6 is 11.8 Å². The molecule has 0 fully saturated rings. The van der Waals surface area contributed by atoms with Crippen molar-refractivity contribution in [1.82, 2.24) is 15.3 Å². The van der Waals surface area contributed by atoms with Gasteiger partial charge in [-0.2, -0.15) is 0 Å². The third-order valence-corrected chi connectivity index (χ3v) is 3.72. The molecule has 0 radical (unpaired) electrons. The quantitative estimate of drug-likeness (QED) is 0.592. The summed E-state index contributed by atoms with van der Waals surface area (Å²) in [5, 5.41) is 12.4. The second-order valence-corrected chi connectivity index (χ2v) is 5.94. The lowest BCUT2D eigenvalue weighted by atomic mass is 10.2. The lowest BCUT2D eigenvalue weighted by Gasteiger charge is -2.11. The summed E-state index contributed by atoms with van der Waals surface area (Å²) in [5.41, 5.74) is 0.585. The fourth-order valence-electron chi connectivity index (χ4n) is 1.70. The van der Waals surface area contributed by atoms with Gasteiger partial charge in [-0.15, -0.1) is 11.8 Å². The van der Waals surface area contributed by atoms with E-state index in [-0.39, 0.29) is 17.4 Å². The van der Waals surface area contributed by atoms with E-state index in [9.17, 15) is 14.7 Å². The Morgan fingerprint density at radius 2 is 2.00 bits per heavy atom. The van der Waals surface area contributed by atoms with Crippen LogP contribution in [0.25, 0.3) is 0 Å². The molecular formula is C14H21N3O3S. The lowest BCUT2D eigenvalue weighted by Crippen LogP contribution is -2.22. The Hall–Kier alpha value is -1.63. The van der Waals surface area contributed by atoms with Crippen LogP contribution in [0, 0.1) is 6.92 Å². The molecule has 21 heavy (non-hydrogen) atoms. The minimum atomic E-state index is -1.04. The second kappa shape index (κ2) is 7.97. The molecule has 2 N–H and O–H groups in total. The second-order valence-electron chi connectivity index (χ2n) is 4.86. The highest BCUT2D eigenvalue weighted by Gasteiger charge is 2.19. The van der Waals surface area contributed by atoms with Gasteiger partial charge < -0.3 is 10.4 Å². The van der Waals surface area contributed by atoms with E-state index in [1.165, 1.54) is 11.8 Å². The van der Waals surface area contributed by atoms with Gasteiger partial charge in [-0.25, -0.2) is 14.8 Å². The van der Waals surface area contributed by atoms with Crippen molar-refractivity contribution in [2.45, 2.75) is 45.1 Å². The Balaban J connectivity index is 2.92. The van der Waals surface area contributed by atoms with Crippen molar-refractivity contribution in [1.29, 1.82) is 0 Å². The number of carbonyl (C=O) groups excluding carboxylic acids is 1. The highest BCUT2D eigenvalue weighted by Crippen LogP contribution is 2.25. The summed E-state index contributed by atoms with van der Waals surface area (Å²) in [5.74, 6) is 0.146. The van der Waals surface area contributed by atoms with Crippen LogP contribution in [0.4, 0.5) is 0 Å². The first-order valence-electron chi connectivity index (χ1n) is 6.88. The predicted molar refractivity (Wildman–Crippen MR) is 81.8 cm³/mol. The summed E-state index contributed by atoms with van der Waals surface area (Å²) >= 11 is 1.28. The number of carboxylic acid groups (broad SMARTS) is 1. The first-order valence-corrected chi connectivity index (χ1v) is 7.86. The molecular weight excluding hydrogens is 290 g/mol. The maximum Gasteiger partial charge on any atom is 0.340 e. The van der Waals surface area contributed by atoms with Crippen molar-refractivity contribution >= 4 is 23.6 Å². The molecule has 1 aromatic rings. The molecule has 116 valence electrons. The zero-order valence-corrected chi connectivity index (χ0v) is 13.6. The monoisotopic (exact) mass is 311 g/mol. The topological polar surface area (TPSA) is 92.2 Å². The summed E-state index contributed by atoms with van der Waals surface area (Å²) in [4.78, 5) is 31.4. The maximum atomic E-state index is 11.4. The number of hydrogen-bond acceptors (Lipinski definition) is 5. The molecule has 0 saturated heterocycles. The molecule has 0 atom stereocenters. The molecule has 0 aliphatic carbocycles. The molecule has 7 heteroatoms. The highest BCUT2D eigenvalue weighted by molar-refractivity contribution is 7.99. The van der Waals surface area contributed by atoms with Gasteiger partial charge in [0.05, 0.1) is 5.69 Å². The highest BCUT2D eigenvalue weighted by atomic mass is 32.2. The third-order valence-electron chi connectivity index (χ3n) is 2.75. The summed E-state index contributed by atoms with van der Waals surface area (Å²) < 4.78 is 0. The van der Waals surface area contributed by atoms with Crippen LogP contribution in [0.3, 0.4) is 0 Å². The number of carbonyl (C=O) groups is 2. The van der Waals surface area contributed by atoms with E-state index in [2.05, 4.69) is 15.3 Å². The molecule has 0 saturated carbocycles. The average Bonchev–Trinajstić information content (AvgIpc) is 2.37. The Morgan fingerprint density at radius 3 is 2.52 bits per heavy atom. The third kappa shape index (κ3) is 5.00. The Kier molecular flexibility index (Phi) is 6.61. The van der Waals surface area contributed by atoms with Crippen molar-refractivity contribution in [2.75, 3.05) is 12.3 Å². The number of carboxylic acids is 1. The van der Waals surface area contributed by atoms with Crippen LogP contribution in [0.2, 0.25) is 0 Å². The summed E-state index contributed by atoms with van der Waals surface area (Å²) in [7, 11) is 0. The number of nitrogens with one attached hydrogen (secondary N) is 1. The van der Waals surface area contributed by atoms with E-state index in [1.54, 1.807) is 6.92 Å². The normalized spacial score (nSPS) is 10.7. The van der Waals surface area contributed by atoms with Gasteiger partial charge in [0.15, 0.2) is 0 Å². The Labute approximate surface area is 128 Å². The number of hydrogen-bond donors (Lipinski definition) is 2. The van der Waals surface area contributed by atoms with Gasteiger partial charge in [-0.3, -0.25) is 4.79 Å². The number of amides is 1. The van der Waals surface area contributed by atoms with Crippen molar-refractivity contribution in [3.05, 3.63) is 17.1 Å². The van der Waals surface area contributed by atoms with Gasteiger partial charge in [0, 0.05) is 24.6 Å². The van der Waals surface area contributed by atoms with Crippen molar-refractivity contribution < 1.29 is 14.7 Å². The molecule has 0 aliphatic rings. The van der Waals surface area contributed by atoms with Gasteiger partial charge in [0.2, 0.25) is 5.91 Å². The van der Waals surface area contributed by atoms with Gasteiger partial charge in [-0.05, 0) is 13.8 Å². The molecule has 1 aromatic heterocycles. The van der Waals surface area contributed by atoms with E-state index in [4.69, 9.17) is 0 Å². The molecule has 0 aliphatic heterocycles. The number of aromatic nitrogens is 2. The van der Waals surface area contributed by atoms with Crippen LogP contribution in [0.15, 0.2) is 5.03 Å². The number of rotatable bonds is 7. The standard InChI is InChI=1S/C14H21N3O3S/c1-5-15-10(18)6-7-21-13-11(14(19)20)9(4)16-12(17-13)8(2)3/h8H,5-7H2,1-4H3,(H,15,18)(H,19,20). The minimum Gasteiger partial charge on any atom is -0.478 e. The molecule has 1 rings (SSSR count). The lowest BCUT2D eigenvalue weighted by molar-refractivity contribution is -0.120. The van der Waals surface area contributed by atoms with E-state index in [0.717, 1.165) is 0 Å². The van der Waals surface area contributed by atoms with Gasteiger partial charge >= 0.3 is 5.97 Å². The number of aromatic carboxylic acids is 1. The van der Waals surface area contributed by atoms with Crippen molar-refractivity contribution in [2.24, 2.45) is 0 Å². The van der Waals surface area contributed by atoms with Gasteiger partial charge in [0.1, 0.15) is 16.4 Å². The van der Waals surface area contributed by atoms with Crippen molar-refractivity contribution in [3.63, 3.8) is 0 Å². The summed E-state index contributed by atoms with van der Waals surface area (Å²) in [6.45, 7) is 8.03. The zero-order valence-electron chi connectivity index (χ0n) is 12.8. The fourth-order valence-corrected chi connectivity index (χ4v) is 2.72. The molecule has 0 bridgehead atoms. The first-order chi connectivity index (χ1) is 9.86. The fraction of sp³-hybridized carbons (Fsp3) is 0.571. The smallest absolute Gasteiger partial charge is 0.340 e. The summed E-state index contributed by atoms with van der Waals surface area (Å²) in [6.07, 6.45) is 0.331. The van der Waals surface area contributed by atoms with E-state index >= 15 is 0 Å². The number of nitrogens with zero attached hydrogens (tertiary/aromatic N) is 2. The van der Waals surface area contributed by atoms with E-state index in [0.29, 0.717) is 35.3 Å². The zero-order chi connectivity index (χ0) is 16.0. The van der Waals surface area contributed by atoms with E-state index < -0.39 is 5.97 Å². The van der Waals surface area contributed by atoms with Gasteiger partial charge in [-0.1, -0.05) is 13.8 Å². The Bertz CT molecular complexity index is 532. The minimum absolute atomic E-state index is 0.0447. The van der Waals surface area contributed by atoms with Crippen molar-refractivity contribution in [3.8, 4) is 0 Å². The van der Waals surface area contributed by atoms with Crippen LogP contribution in [0.1, 0.15) is 55.0 Å². The molecule has 1 amide bonds. The average molecular weight is 311 g/mol. The first kappa shape index (κ1) is 17.4. The SMILES string of the molecule is CCNC(=O)CCSc1nc(C(C)C)nc(C)c1C(=O)O. The largest absolute Gasteiger partial charge is 0.478 e. The molecule has 0 aromatic carbocycles. The van der Waals surface area contributed by atoms with Crippen LogP contribution < -0.4 is 5.32 Å². The Morgan fingerprint density at radius 1 is 1.33 bits per heavy atom. The molecule has 0 unspecified atom stereocenters.